The van der Waals surface area contributed by atoms with Crippen molar-refractivity contribution in [1.29, 1.82) is 0 Å². The lowest BCUT2D eigenvalue weighted by Gasteiger charge is -2.19. The zero-order valence-electron chi connectivity index (χ0n) is 10.7. The normalized spacial score (nSPS) is 17.6. The van der Waals surface area contributed by atoms with Crippen LogP contribution >= 0.6 is 11.3 Å². The minimum Gasteiger partial charge on any atom is -0.477 e. The molecule has 1 aromatic rings. The highest BCUT2D eigenvalue weighted by molar-refractivity contribution is 7.89. The van der Waals surface area contributed by atoms with E-state index in [1.807, 2.05) is 0 Å². The molecule has 0 spiro atoms. The van der Waals surface area contributed by atoms with Crippen LogP contribution in [0.25, 0.3) is 0 Å². The molecule has 1 aliphatic heterocycles. The van der Waals surface area contributed by atoms with Gasteiger partial charge in [-0.25, -0.2) is 13.2 Å². The van der Waals surface area contributed by atoms with Gasteiger partial charge in [-0.3, -0.25) is 4.79 Å². The van der Waals surface area contributed by atoms with Crippen LogP contribution in [0.4, 0.5) is 0 Å². The lowest BCUT2D eigenvalue weighted by atomic mass is 10.3. The van der Waals surface area contributed by atoms with Crippen LogP contribution in [-0.2, 0) is 14.8 Å². The van der Waals surface area contributed by atoms with E-state index in [-0.39, 0.29) is 28.8 Å². The minimum absolute atomic E-state index is 0.190. The minimum atomic E-state index is -3.98. The fourth-order valence-electron chi connectivity index (χ4n) is 2.01. The first-order chi connectivity index (χ1) is 9.34. The monoisotopic (exact) mass is 318 g/mol. The van der Waals surface area contributed by atoms with Gasteiger partial charge in [-0.1, -0.05) is 0 Å². The van der Waals surface area contributed by atoms with Crippen LogP contribution in [0.1, 0.15) is 21.7 Å². The molecule has 1 amide bonds. The maximum atomic E-state index is 12.6. The summed E-state index contributed by atoms with van der Waals surface area (Å²) in [6.45, 7) is 1.87. The van der Waals surface area contributed by atoms with Gasteiger partial charge >= 0.3 is 5.97 Å². The Labute approximate surface area is 120 Å². The molecule has 7 nitrogen and oxygen atoms in total. The van der Waals surface area contributed by atoms with E-state index in [0.717, 1.165) is 15.6 Å². The summed E-state index contributed by atoms with van der Waals surface area (Å²) in [7, 11) is -3.98. The summed E-state index contributed by atoms with van der Waals surface area (Å²) < 4.78 is 26.2. The van der Waals surface area contributed by atoms with Gasteiger partial charge in [0.25, 0.3) is 0 Å². The largest absolute Gasteiger partial charge is 0.477 e. The number of rotatable bonds is 3. The van der Waals surface area contributed by atoms with E-state index in [2.05, 4.69) is 5.32 Å². The fraction of sp³-hybridized carbons (Fsp3) is 0.455. The van der Waals surface area contributed by atoms with Crippen molar-refractivity contribution >= 4 is 33.2 Å². The lowest BCUT2D eigenvalue weighted by Crippen LogP contribution is -2.37. The summed E-state index contributed by atoms with van der Waals surface area (Å²) in [5.74, 6) is -1.66. The molecular weight excluding hydrogens is 304 g/mol. The first-order valence-electron chi connectivity index (χ1n) is 5.92. The van der Waals surface area contributed by atoms with Gasteiger partial charge < -0.3 is 10.4 Å². The zero-order chi connectivity index (χ0) is 14.9. The molecule has 1 aliphatic rings. The predicted octanol–water partition coefficient (Wildman–Crippen LogP) is 0.265. The molecule has 0 aliphatic carbocycles. The Morgan fingerprint density at radius 3 is 2.85 bits per heavy atom. The van der Waals surface area contributed by atoms with Crippen LogP contribution in [0.2, 0.25) is 0 Å². The van der Waals surface area contributed by atoms with Crippen molar-refractivity contribution in [2.45, 2.75) is 18.2 Å². The molecule has 0 aromatic carbocycles. The molecule has 0 unspecified atom stereocenters. The maximum Gasteiger partial charge on any atom is 0.347 e. The molecule has 2 heterocycles. The van der Waals surface area contributed by atoms with Crippen molar-refractivity contribution in [2.75, 3.05) is 19.6 Å². The quantitative estimate of drug-likeness (QED) is 0.832. The molecule has 2 N–H and O–H groups in total. The average molecular weight is 318 g/mol. The van der Waals surface area contributed by atoms with Crippen LogP contribution in [-0.4, -0.2) is 49.3 Å². The standard InChI is InChI=1S/C11H14N2O5S2/c1-7-6-19-9(11(15)16)10(7)20(17,18)13-4-2-3-12-8(14)5-13/h6H,2-5H2,1H3,(H,12,14)(H,15,16). The highest BCUT2D eigenvalue weighted by atomic mass is 32.2. The lowest BCUT2D eigenvalue weighted by molar-refractivity contribution is -0.120. The first-order valence-corrected chi connectivity index (χ1v) is 8.24. The van der Waals surface area contributed by atoms with Crippen molar-refractivity contribution in [3.8, 4) is 0 Å². The molecule has 0 radical (unpaired) electrons. The Hall–Kier alpha value is -1.45. The molecule has 1 fully saturated rings. The van der Waals surface area contributed by atoms with Gasteiger partial charge in [0.15, 0.2) is 0 Å². The number of thiophene rings is 1. The second-order valence-corrected chi connectivity index (χ2v) is 7.18. The molecule has 9 heteroatoms. The Kier molecular flexibility index (Phi) is 4.11. The summed E-state index contributed by atoms with van der Waals surface area (Å²) in [4.78, 5) is 22.2. The van der Waals surface area contributed by atoms with E-state index < -0.39 is 16.0 Å². The Bertz CT molecular complexity index is 650. The summed E-state index contributed by atoms with van der Waals surface area (Å²) in [5.41, 5.74) is 0.386. The number of carboxylic acid groups (broad SMARTS) is 1. The third-order valence-electron chi connectivity index (χ3n) is 2.94. The SMILES string of the molecule is Cc1csc(C(=O)O)c1S(=O)(=O)N1CCCNC(=O)C1. The van der Waals surface area contributed by atoms with E-state index in [0.29, 0.717) is 18.5 Å². The Morgan fingerprint density at radius 2 is 2.20 bits per heavy atom. The van der Waals surface area contributed by atoms with Gasteiger partial charge in [0, 0.05) is 13.1 Å². The number of aryl methyl sites for hydroxylation is 1. The van der Waals surface area contributed by atoms with Crippen molar-refractivity contribution in [3.63, 3.8) is 0 Å². The number of nitrogens with one attached hydrogen (secondary N) is 1. The number of carboxylic acids is 1. The third kappa shape index (κ3) is 2.69. The molecule has 0 saturated carbocycles. The summed E-state index contributed by atoms with van der Waals surface area (Å²) >= 11 is 0.875. The molecular formula is C11H14N2O5S2. The second kappa shape index (κ2) is 5.51. The predicted molar refractivity (Wildman–Crippen MR) is 72.4 cm³/mol. The maximum absolute atomic E-state index is 12.6. The summed E-state index contributed by atoms with van der Waals surface area (Å²) in [6, 6.07) is 0. The van der Waals surface area contributed by atoms with E-state index in [4.69, 9.17) is 5.11 Å². The van der Waals surface area contributed by atoms with Crippen LogP contribution in [0.3, 0.4) is 0 Å². The number of hydrogen-bond acceptors (Lipinski definition) is 5. The van der Waals surface area contributed by atoms with Gasteiger partial charge in [0.1, 0.15) is 9.77 Å². The Morgan fingerprint density at radius 1 is 1.50 bits per heavy atom. The number of amides is 1. The van der Waals surface area contributed by atoms with Gasteiger partial charge in [-0.05, 0) is 24.3 Å². The fourth-order valence-corrected chi connectivity index (χ4v) is 5.03. The smallest absolute Gasteiger partial charge is 0.347 e. The number of hydrogen-bond donors (Lipinski definition) is 2. The van der Waals surface area contributed by atoms with Gasteiger partial charge in [0.2, 0.25) is 15.9 Å². The molecule has 2 rings (SSSR count). The zero-order valence-corrected chi connectivity index (χ0v) is 12.4. The number of aromatic carboxylic acids is 1. The van der Waals surface area contributed by atoms with Gasteiger partial charge in [-0.15, -0.1) is 11.3 Å². The van der Waals surface area contributed by atoms with E-state index in [1.54, 1.807) is 6.92 Å². The van der Waals surface area contributed by atoms with E-state index in [1.165, 1.54) is 5.38 Å². The van der Waals surface area contributed by atoms with Gasteiger partial charge in [-0.2, -0.15) is 4.31 Å². The van der Waals surface area contributed by atoms with Crippen LogP contribution in [0.15, 0.2) is 10.3 Å². The average Bonchev–Trinajstić information content (AvgIpc) is 2.61. The Balaban J connectivity index is 2.47. The highest BCUT2D eigenvalue weighted by Crippen LogP contribution is 2.29. The number of carbonyl (C=O) groups excluding carboxylic acids is 1. The van der Waals surface area contributed by atoms with Crippen LogP contribution in [0.5, 0.6) is 0 Å². The third-order valence-corrected chi connectivity index (χ3v) is 6.19. The molecule has 1 saturated heterocycles. The van der Waals surface area contributed by atoms with Gasteiger partial charge in [0.05, 0.1) is 6.54 Å². The number of sulfonamides is 1. The van der Waals surface area contributed by atoms with Crippen LogP contribution in [0, 0.1) is 6.92 Å². The molecule has 20 heavy (non-hydrogen) atoms. The van der Waals surface area contributed by atoms with Crippen molar-refractivity contribution in [2.24, 2.45) is 0 Å². The van der Waals surface area contributed by atoms with E-state index in [9.17, 15) is 18.0 Å². The van der Waals surface area contributed by atoms with Crippen molar-refractivity contribution in [3.05, 3.63) is 15.8 Å². The topological polar surface area (TPSA) is 104 Å². The molecule has 0 atom stereocenters. The molecule has 110 valence electrons. The molecule has 1 aromatic heterocycles. The number of carbonyl (C=O) groups is 2. The number of nitrogens with zero attached hydrogens (tertiary/aromatic N) is 1. The summed E-state index contributed by atoms with van der Waals surface area (Å²) in [5, 5.41) is 13.2. The van der Waals surface area contributed by atoms with Crippen LogP contribution < -0.4 is 5.32 Å². The van der Waals surface area contributed by atoms with Crippen molar-refractivity contribution < 1.29 is 23.1 Å². The van der Waals surface area contributed by atoms with E-state index >= 15 is 0 Å². The molecule has 0 bridgehead atoms. The van der Waals surface area contributed by atoms with Crippen molar-refractivity contribution in [1.82, 2.24) is 9.62 Å². The first kappa shape index (κ1) is 14.9. The highest BCUT2D eigenvalue weighted by Gasteiger charge is 2.33. The summed E-state index contributed by atoms with van der Waals surface area (Å²) in [6.07, 6.45) is 0.497. The second-order valence-electron chi connectivity index (χ2n) is 4.42.